The van der Waals surface area contributed by atoms with Gasteiger partial charge >= 0.3 is 35.5 Å². The Morgan fingerprint density at radius 1 is 1.60 bits per heavy atom. The molecule has 0 aromatic rings. The zero-order valence-corrected chi connectivity index (χ0v) is 7.53. The standard InChI is InChI=1S/C4H7NO4.Na/c5-2(4(8)9)1-3(6)7;/h2H,1,5H2,(H,6,7)(H,8,9);/q;+1/p-1/t2-;/m1./s1. The van der Waals surface area contributed by atoms with Crippen LogP contribution in [0.25, 0.3) is 0 Å². The van der Waals surface area contributed by atoms with E-state index in [0.29, 0.717) is 0 Å². The second-order valence-corrected chi connectivity index (χ2v) is 1.52. The second-order valence-electron chi connectivity index (χ2n) is 1.52. The Morgan fingerprint density at radius 3 is 2.10 bits per heavy atom. The molecular weight excluding hydrogens is 149 g/mol. The number of rotatable bonds is 3. The van der Waals surface area contributed by atoms with Crippen molar-refractivity contribution in [3.63, 3.8) is 0 Å². The molecule has 1 atom stereocenters. The third-order valence-electron chi connectivity index (χ3n) is 0.697. The van der Waals surface area contributed by atoms with E-state index in [9.17, 15) is 14.7 Å². The number of nitrogens with two attached hydrogens (primary N) is 1. The summed E-state index contributed by atoms with van der Waals surface area (Å²) in [5, 5.41) is 17.7. The molecule has 0 aromatic heterocycles. The van der Waals surface area contributed by atoms with Gasteiger partial charge in [-0.25, -0.2) is 0 Å². The van der Waals surface area contributed by atoms with Crippen LogP contribution in [0.4, 0.5) is 0 Å². The van der Waals surface area contributed by atoms with Crippen molar-refractivity contribution in [2.75, 3.05) is 0 Å². The summed E-state index contributed by atoms with van der Waals surface area (Å²) in [6.45, 7) is 0. The summed E-state index contributed by atoms with van der Waals surface area (Å²) in [5.74, 6) is -2.79. The Hall–Kier alpha value is -0.100. The first-order chi connectivity index (χ1) is 4.04. The van der Waals surface area contributed by atoms with Crippen molar-refractivity contribution >= 4 is 11.9 Å². The summed E-state index contributed by atoms with van der Waals surface area (Å²) in [6, 6.07) is -1.40. The van der Waals surface area contributed by atoms with Gasteiger partial charge in [0.15, 0.2) is 0 Å². The molecular formula is C4H6NNaO4. The van der Waals surface area contributed by atoms with Gasteiger partial charge in [-0.2, -0.15) is 0 Å². The molecule has 0 saturated heterocycles. The van der Waals surface area contributed by atoms with E-state index >= 15 is 0 Å². The van der Waals surface area contributed by atoms with Gasteiger partial charge in [-0.3, -0.25) is 4.79 Å². The molecule has 0 fully saturated rings. The summed E-state index contributed by atoms with van der Waals surface area (Å²) in [6.07, 6.45) is -0.595. The first-order valence-electron chi connectivity index (χ1n) is 2.22. The minimum absolute atomic E-state index is 0. The number of carbonyl (C=O) groups excluding carboxylic acids is 1. The molecule has 0 aliphatic carbocycles. The van der Waals surface area contributed by atoms with Crippen molar-refractivity contribution in [2.24, 2.45) is 5.73 Å². The summed E-state index contributed by atoms with van der Waals surface area (Å²) in [4.78, 5) is 19.5. The normalized spacial score (nSPS) is 11.3. The molecule has 5 nitrogen and oxygen atoms in total. The van der Waals surface area contributed by atoms with Crippen molar-refractivity contribution in [2.45, 2.75) is 12.5 Å². The molecule has 52 valence electrons. The van der Waals surface area contributed by atoms with Crippen LogP contribution in [0.2, 0.25) is 0 Å². The number of hydrogen-bond acceptors (Lipinski definition) is 4. The maximum Gasteiger partial charge on any atom is 1.00 e. The number of carboxylic acids is 2. The maximum atomic E-state index is 9.74. The van der Waals surface area contributed by atoms with Gasteiger partial charge in [-0.05, 0) is 0 Å². The van der Waals surface area contributed by atoms with Crippen LogP contribution in [0, 0.1) is 0 Å². The van der Waals surface area contributed by atoms with Gasteiger partial charge in [0.1, 0.15) is 0 Å². The van der Waals surface area contributed by atoms with Gasteiger partial charge in [0.2, 0.25) is 0 Å². The van der Waals surface area contributed by atoms with Crippen LogP contribution >= 0.6 is 0 Å². The Bertz CT molecular complexity index is 137. The van der Waals surface area contributed by atoms with E-state index in [0.717, 1.165) is 0 Å². The predicted octanol–water partition coefficient (Wildman–Crippen LogP) is -5.46. The summed E-state index contributed by atoms with van der Waals surface area (Å²) in [7, 11) is 0. The number of carboxylic acid groups (broad SMARTS) is 2. The molecule has 10 heavy (non-hydrogen) atoms. The van der Waals surface area contributed by atoms with E-state index in [1.54, 1.807) is 0 Å². The average Bonchev–Trinajstić information content (AvgIpc) is 1.63. The molecule has 0 radical (unpaired) electrons. The molecule has 0 unspecified atom stereocenters. The fourth-order valence-corrected chi connectivity index (χ4v) is 0.271. The topological polar surface area (TPSA) is 103 Å². The van der Waals surface area contributed by atoms with Gasteiger partial charge < -0.3 is 20.7 Å². The molecule has 0 rings (SSSR count). The zero-order valence-electron chi connectivity index (χ0n) is 5.53. The molecule has 0 aliphatic heterocycles. The summed E-state index contributed by atoms with van der Waals surface area (Å²) >= 11 is 0. The van der Waals surface area contributed by atoms with Crippen molar-refractivity contribution in [1.29, 1.82) is 0 Å². The van der Waals surface area contributed by atoms with Gasteiger partial charge in [-0.15, -0.1) is 0 Å². The molecule has 6 heteroatoms. The largest absolute Gasteiger partial charge is 1.00 e. The Morgan fingerprint density at radius 2 is 2.00 bits per heavy atom. The monoisotopic (exact) mass is 155 g/mol. The Kier molecular flexibility index (Phi) is 7.12. The number of hydrogen-bond donors (Lipinski definition) is 2. The third-order valence-corrected chi connectivity index (χ3v) is 0.697. The van der Waals surface area contributed by atoms with Crippen LogP contribution in [0.5, 0.6) is 0 Å². The van der Waals surface area contributed by atoms with E-state index in [2.05, 4.69) is 0 Å². The molecule has 0 amide bonds. The smallest absolute Gasteiger partial charge is 0.548 e. The van der Waals surface area contributed by atoms with E-state index < -0.39 is 24.4 Å². The van der Waals surface area contributed by atoms with Gasteiger partial charge in [-0.1, -0.05) is 0 Å². The summed E-state index contributed by atoms with van der Waals surface area (Å²) < 4.78 is 0. The SMILES string of the molecule is N[C@H](CC(=O)O)C(=O)[O-].[Na+]. The van der Waals surface area contributed by atoms with Gasteiger partial charge in [0, 0.05) is 0 Å². The third kappa shape index (κ3) is 6.03. The van der Waals surface area contributed by atoms with Gasteiger partial charge in [0.25, 0.3) is 0 Å². The maximum absolute atomic E-state index is 9.74. The molecule has 0 aromatic carbocycles. The van der Waals surface area contributed by atoms with Gasteiger partial charge in [0.05, 0.1) is 18.4 Å². The van der Waals surface area contributed by atoms with E-state index in [1.807, 2.05) is 0 Å². The van der Waals surface area contributed by atoms with Crippen molar-refractivity contribution in [3.05, 3.63) is 0 Å². The minimum Gasteiger partial charge on any atom is -0.548 e. The van der Waals surface area contributed by atoms with Crippen LogP contribution in [-0.4, -0.2) is 23.1 Å². The average molecular weight is 155 g/mol. The van der Waals surface area contributed by atoms with Crippen LogP contribution < -0.4 is 40.4 Å². The van der Waals surface area contributed by atoms with Crippen molar-refractivity contribution in [1.82, 2.24) is 0 Å². The Balaban J connectivity index is 0. The molecule has 0 heterocycles. The van der Waals surface area contributed by atoms with E-state index in [4.69, 9.17) is 10.8 Å². The predicted molar refractivity (Wildman–Crippen MR) is 25.2 cm³/mol. The number of carbonyl (C=O) groups is 2. The Labute approximate surface area is 79.5 Å². The molecule has 3 N–H and O–H groups in total. The molecule has 0 bridgehead atoms. The fourth-order valence-electron chi connectivity index (χ4n) is 0.271. The molecule has 0 spiro atoms. The first-order valence-corrected chi connectivity index (χ1v) is 2.22. The fraction of sp³-hybridized carbons (Fsp3) is 0.500. The van der Waals surface area contributed by atoms with Crippen LogP contribution in [0.1, 0.15) is 6.42 Å². The molecule has 0 saturated carbocycles. The molecule has 0 aliphatic rings. The van der Waals surface area contributed by atoms with Crippen molar-refractivity contribution < 1.29 is 49.4 Å². The summed E-state index contributed by atoms with van der Waals surface area (Å²) in [5.41, 5.74) is 4.77. The van der Waals surface area contributed by atoms with Crippen LogP contribution in [0.15, 0.2) is 0 Å². The zero-order chi connectivity index (χ0) is 7.44. The van der Waals surface area contributed by atoms with Crippen LogP contribution in [-0.2, 0) is 9.59 Å². The van der Waals surface area contributed by atoms with E-state index in [1.165, 1.54) is 0 Å². The quantitative estimate of drug-likeness (QED) is 0.396. The van der Waals surface area contributed by atoms with E-state index in [-0.39, 0.29) is 29.6 Å². The number of aliphatic carboxylic acids is 2. The second kappa shape index (κ2) is 5.67. The minimum atomic E-state index is -1.54. The van der Waals surface area contributed by atoms with Crippen molar-refractivity contribution in [3.8, 4) is 0 Å². The first kappa shape index (κ1) is 12.6. The van der Waals surface area contributed by atoms with Crippen LogP contribution in [0.3, 0.4) is 0 Å².